The van der Waals surface area contributed by atoms with Gasteiger partial charge in [-0.05, 0) is 42.9 Å². The van der Waals surface area contributed by atoms with Gasteiger partial charge in [0, 0.05) is 19.2 Å². The predicted octanol–water partition coefficient (Wildman–Crippen LogP) is 3.17. The van der Waals surface area contributed by atoms with Crippen molar-refractivity contribution in [1.82, 2.24) is 9.80 Å². The number of aliphatic hydroxyl groups excluding tert-OH is 1. The number of nitrogens with zero attached hydrogens (tertiary/aromatic N) is 2. The van der Waals surface area contributed by atoms with Gasteiger partial charge in [-0.1, -0.05) is 26.0 Å². The van der Waals surface area contributed by atoms with Gasteiger partial charge in [0.15, 0.2) is 0 Å². The first kappa shape index (κ1) is 24.1. The van der Waals surface area contributed by atoms with E-state index in [0.717, 1.165) is 13.1 Å². The molecule has 0 bridgehead atoms. The Balaban J connectivity index is 2.12. The summed E-state index contributed by atoms with van der Waals surface area (Å²) in [6, 6.07) is 10.6. The van der Waals surface area contributed by atoms with Gasteiger partial charge in [0.25, 0.3) is 11.7 Å². The quantitative estimate of drug-likeness (QED) is 0.341. The van der Waals surface area contributed by atoms with Crippen molar-refractivity contribution in [3.8, 4) is 17.2 Å². The number of aromatic hydroxyl groups is 1. The Labute approximate surface area is 193 Å². The monoisotopic (exact) mass is 454 g/mol. The van der Waals surface area contributed by atoms with Crippen LogP contribution in [0.25, 0.3) is 5.76 Å². The fraction of sp³-hybridized carbons (Fsp3) is 0.360. The van der Waals surface area contributed by atoms with E-state index in [0.29, 0.717) is 30.2 Å². The standard InChI is InChI=1S/C25H30N2O6/c1-5-26(6-2)13-14-27-22(16-7-9-17(32-3)10-8-16)21(24(30)25(27)31)23(29)19-12-11-18(33-4)15-20(19)28/h7-12,15,22,28-29H,5-6,13-14H2,1-4H3. The van der Waals surface area contributed by atoms with Crippen LogP contribution < -0.4 is 9.47 Å². The van der Waals surface area contributed by atoms with Gasteiger partial charge in [-0.3, -0.25) is 9.59 Å². The number of rotatable bonds is 9. The summed E-state index contributed by atoms with van der Waals surface area (Å²) in [6.45, 7) is 6.59. The Morgan fingerprint density at radius 3 is 2.15 bits per heavy atom. The molecule has 0 radical (unpaired) electrons. The molecule has 33 heavy (non-hydrogen) atoms. The second-order valence-electron chi connectivity index (χ2n) is 7.68. The highest BCUT2D eigenvalue weighted by molar-refractivity contribution is 6.46. The minimum absolute atomic E-state index is 0.0519. The van der Waals surface area contributed by atoms with E-state index in [2.05, 4.69) is 4.90 Å². The maximum absolute atomic E-state index is 13.1. The van der Waals surface area contributed by atoms with Crippen molar-refractivity contribution in [2.75, 3.05) is 40.4 Å². The van der Waals surface area contributed by atoms with Gasteiger partial charge in [-0.25, -0.2) is 0 Å². The second-order valence-corrected chi connectivity index (χ2v) is 7.68. The van der Waals surface area contributed by atoms with E-state index >= 15 is 0 Å². The molecule has 1 unspecified atom stereocenters. The van der Waals surface area contributed by atoms with E-state index in [1.807, 2.05) is 13.8 Å². The van der Waals surface area contributed by atoms with E-state index in [9.17, 15) is 19.8 Å². The fourth-order valence-electron chi connectivity index (χ4n) is 4.02. The van der Waals surface area contributed by atoms with E-state index in [1.165, 1.54) is 24.1 Å². The maximum Gasteiger partial charge on any atom is 0.295 e. The zero-order chi connectivity index (χ0) is 24.1. The summed E-state index contributed by atoms with van der Waals surface area (Å²) in [6.07, 6.45) is 0. The van der Waals surface area contributed by atoms with Crippen molar-refractivity contribution in [3.63, 3.8) is 0 Å². The third-order valence-corrected chi connectivity index (χ3v) is 5.98. The molecule has 1 saturated heterocycles. The zero-order valence-corrected chi connectivity index (χ0v) is 19.4. The molecule has 0 spiro atoms. The molecule has 1 heterocycles. The highest BCUT2D eigenvalue weighted by Crippen LogP contribution is 2.41. The Kier molecular flexibility index (Phi) is 7.60. The molecule has 2 N–H and O–H groups in total. The molecule has 176 valence electrons. The number of ether oxygens (including phenoxy) is 2. The molecule has 3 rings (SSSR count). The average Bonchev–Trinajstić information content (AvgIpc) is 3.09. The molecular weight excluding hydrogens is 424 g/mol. The topological polar surface area (TPSA) is 99.5 Å². The third kappa shape index (κ3) is 4.80. The summed E-state index contributed by atoms with van der Waals surface area (Å²) in [5, 5.41) is 21.5. The lowest BCUT2D eigenvalue weighted by molar-refractivity contribution is -0.140. The summed E-state index contributed by atoms with van der Waals surface area (Å²) in [5.41, 5.74) is 0.644. The Hall–Kier alpha value is -3.52. The SMILES string of the molecule is CCN(CC)CCN1C(=O)C(=O)C(=C(O)c2ccc(OC)cc2O)C1c1ccc(OC)cc1. The highest BCUT2D eigenvalue weighted by atomic mass is 16.5. The van der Waals surface area contributed by atoms with E-state index < -0.39 is 23.5 Å². The molecule has 2 aromatic carbocycles. The second kappa shape index (κ2) is 10.4. The van der Waals surface area contributed by atoms with Gasteiger partial charge in [0.1, 0.15) is 23.0 Å². The minimum Gasteiger partial charge on any atom is -0.507 e. The normalized spacial score (nSPS) is 17.6. The van der Waals surface area contributed by atoms with Crippen molar-refractivity contribution in [2.45, 2.75) is 19.9 Å². The van der Waals surface area contributed by atoms with Crippen LogP contribution in [0.5, 0.6) is 17.2 Å². The van der Waals surface area contributed by atoms with Crippen LogP contribution >= 0.6 is 0 Å². The summed E-state index contributed by atoms with van der Waals surface area (Å²) < 4.78 is 10.3. The van der Waals surface area contributed by atoms with Crippen molar-refractivity contribution < 1.29 is 29.3 Å². The van der Waals surface area contributed by atoms with Crippen LogP contribution in [-0.2, 0) is 9.59 Å². The van der Waals surface area contributed by atoms with Crippen molar-refractivity contribution in [3.05, 3.63) is 59.2 Å². The number of likely N-dealkylation sites (tertiary alicyclic amines) is 1. The van der Waals surface area contributed by atoms with Crippen molar-refractivity contribution in [2.24, 2.45) is 0 Å². The molecule has 1 atom stereocenters. The fourth-order valence-corrected chi connectivity index (χ4v) is 4.02. The van der Waals surface area contributed by atoms with Crippen LogP contribution in [0, 0.1) is 0 Å². The molecule has 0 aliphatic carbocycles. The molecule has 1 aliphatic heterocycles. The molecule has 0 aromatic heterocycles. The van der Waals surface area contributed by atoms with E-state index in [-0.39, 0.29) is 16.9 Å². The highest BCUT2D eigenvalue weighted by Gasteiger charge is 2.46. The number of phenolic OH excluding ortho intramolecular Hbond substituents is 1. The number of carbonyl (C=O) groups excluding carboxylic acids is 2. The molecule has 0 saturated carbocycles. The number of amides is 1. The molecular formula is C25H30N2O6. The minimum atomic E-state index is -0.798. The number of ketones is 1. The smallest absolute Gasteiger partial charge is 0.295 e. The summed E-state index contributed by atoms with van der Waals surface area (Å²) >= 11 is 0. The number of hydrogen-bond donors (Lipinski definition) is 2. The van der Waals surface area contributed by atoms with Gasteiger partial charge in [0.05, 0.1) is 31.4 Å². The Morgan fingerprint density at radius 2 is 1.61 bits per heavy atom. The number of phenols is 1. The summed E-state index contributed by atoms with van der Waals surface area (Å²) in [7, 11) is 3.01. The molecule has 1 aliphatic rings. The van der Waals surface area contributed by atoms with Gasteiger partial charge < -0.3 is 29.5 Å². The number of benzene rings is 2. The summed E-state index contributed by atoms with van der Waals surface area (Å²) in [4.78, 5) is 29.8. The first-order chi connectivity index (χ1) is 15.9. The largest absolute Gasteiger partial charge is 0.507 e. The van der Waals surface area contributed by atoms with Gasteiger partial charge >= 0.3 is 0 Å². The Morgan fingerprint density at radius 1 is 1.00 bits per heavy atom. The first-order valence-electron chi connectivity index (χ1n) is 10.9. The predicted molar refractivity (Wildman–Crippen MR) is 124 cm³/mol. The molecule has 1 fully saturated rings. The van der Waals surface area contributed by atoms with Crippen LogP contribution in [-0.4, -0.2) is 72.1 Å². The molecule has 1 amide bonds. The van der Waals surface area contributed by atoms with Gasteiger partial charge in [-0.15, -0.1) is 0 Å². The van der Waals surface area contributed by atoms with Crippen molar-refractivity contribution in [1.29, 1.82) is 0 Å². The first-order valence-corrected chi connectivity index (χ1v) is 10.9. The molecule has 8 heteroatoms. The van der Waals surface area contributed by atoms with Crippen LogP contribution in [0.3, 0.4) is 0 Å². The molecule has 2 aromatic rings. The zero-order valence-electron chi connectivity index (χ0n) is 19.4. The number of likely N-dealkylation sites (N-methyl/N-ethyl adjacent to an activating group) is 1. The number of methoxy groups -OCH3 is 2. The lowest BCUT2D eigenvalue weighted by Gasteiger charge is -2.28. The van der Waals surface area contributed by atoms with Crippen LogP contribution in [0.1, 0.15) is 31.0 Å². The van der Waals surface area contributed by atoms with Crippen LogP contribution in [0.4, 0.5) is 0 Å². The summed E-state index contributed by atoms with van der Waals surface area (Å²) in [5.74, 6) is -1.13. The lowest BCUT2D eigenvalue weighted by Crippen LogP contribution is -2.38. The van der Waals surface area contributed by atoms with Gasteiger partial charge in [0.2, 0.25) is 0 Å². The Bertz CT molecular complexity index is 1040. The maximum atomic E-state index is 13.1. The van der Waals surface area contributed by atoms with E-state index in [1.54, 1.807) is 37.4 Å². The van der Waals surface area contributed by atoms with E-state index in [4.69, 9.17) is 9.47 Å². The van der Waals surface area contributed by atoms with Crippen LogP contribution in [0.15, 0.2) is 48.0 Å². The van der Waals surface area contributed by atoms with Crippen LogP contribution in [0.2, 0.25) is 0 Å². The number of Topliss-reactive ketones (excluding diaryl/α,β-unsaturated/α-hetero) is 1. The average molecular weight is 455 g/mol. The molecule has 8 nitrogen and oxygen atoms in total. The van der Waals surface area contributed by atoms with Gasteiger partial charge in [-0.2, -0.15) is 0 Å². The third-order valence-electron chi connectivity index (χ3n) is 5.98. The number of carbonyl (C=O) groups is 2. The number of aliphatic hydroxyl groups is 1. The number of hydrogen-bond acceptors (Lipinski definition) is 7. The van der Waals surface area contributed by atoms with Crippen molar-refractivity contribution >= 4 is 17.4 Å². The lowest BCUT2D eigenvalue weighted by atomic mass is 9.95.